The van der Waals surface area contributed by atoms with Crippen LogP contribution in [0.1, 0.15) is 22.3 Å². The monoisotopic (exact) mass is 475 g/mol. The first-order chi connectivity index (χ1) is 16.5. The Morgan fingerprint density at radius 1 is 1.12 bits per heavy atom. The van der Waals surface area contributed by atoms with Crippen molar-refractivity contribution in [2.75, 3.05) is 42.1 Å². The molecule has 3 aromatic rings. The number of aromatic nitrogens is 3. The van der Waals surface area contributed by atoms with Crippen molar-refractivity contribution in [2.45, 2.75) is 11.6 Å². The number of hydrogen-bond donors (Lipinski definition) is 1. The molecule has 1 aliphatic heterocycles. The fraction of sp³-hybridized carbons (Fsp3) is 0.292. The van der Waals surface area contributed by atoms with E-state index in [0.717, 1.165) is 18.7 Å². The zero-order valence-electron chi connectivity index (χ0n) is 18.8. The highest BCUT2D eigenvalue weighted by Gasteiger charge is 2.21. The number of anilines is 2. The molecule has 0 bridgehead atoms. The van der Waals surface area contributed by atoms with Gasteiger partial charge in [0.25, 0.3) is 5.91 Å². The van der Waals surface area contributed by atoms with Crippen molar-refractivity contribution in [2.24, 2.45) is 7.05 Å². The van der Waals surface area contributed by atoms with Crippen LogP contribution in [0.15, 0.2) is 60.0 Å². The lowest BCUT2D eigenvalue weighted by Crippen LogP contribution is -2.35. The fourth-order valence-electron chi connectivity index (χ4n) is 3.77. The molecule has 174 valence electrons. The topological polar surface area (TPSA) is 107 Å². The molecule has 2 heterocycles. The van der Waals surface area contributed by atoms with Crippen molar-refractivity contribution in [1.29, 1.82) is 5.26 Å². The van der Waals surface area contributed by atoms with Crippen LogP contribution in [0.4, 0.5) is 11.4 Å². The second-order valence-corrected chi connectivity index (χ2v) is 8.88. The number of benzene rings is 2. The van der Waals surface area contributed by atoms with Crippen molar-refractivity contribution in [1.82, 2.24) is 19.7 Å². The maximum Gasteiger partial charge on any atom is 0.253 e. The summed E-state index contributed by atoms with van der Waals surface area (Å²) in [6, 6.07) is 16.7. The molecule has 2 amide bonds. The van der Waals surface area contributed by atoms with Crippen LogP contribution in [0.3, 0.4) is 0 Å². The van der Waals surface area contributed by atoms with Gasteiger partial charge in [-0.05, 0) is 48.9 Å². The third-order valence-electron chi connectivity index (χ3n) is 5.54. The van der Waals surface area contributed by atoms with Gasteiger partial charge in [0.05, 0.1) is 17.4 Å². The van der Waals surface area contributed by atoms with E-state index in [2.05, 4.69) is 26.5 Å². The number of rotatable bonds is 6. The van der Waals surface area contributed by atoms with Crippen LogP contribution in [0.2, 0.25) is 0 Å². The molecule has 10 heteroatoms. The number of carbonyl (C=O) groups excluding carboxylic acids is 2. The standard InChI is InChI=1S/C24H25N7O2S/c1-29-17-26-28-24(29)34-16-22(32)27-20-5-2-4-19(14-20)23(33)31-11-3-10-30(12-13-31)21-8-6-18(15-25)7-9-21/h2,4-9,14,17H,3,10-13,16H2,1H3,(H,27,32). The number of hydrogen-bond acceptors (Lipinski definition) is 7. The SMILES string of the molecule is Cn1cnnc1SCC(=O)Nc1cccc(C(=O)N2CCCN(c3ccc(C#N)cc3)CC2)c1. The van der Waals surface area contributed by atoms with E-state index in [0.29, 0.717) is 41.6 Å². The van der Waals surface area contributed by atoms with Crippen LogP contribution in [0.25, 0.3) is 0 Å². The first-order valence-corrected chi connectivity index (χ1v) is 11.9. The number of carbonyl (C=O) groups is 2. The van der Waals surface area contributed by atoms with E-state index in [1.807, 2.05) is 36.2 Å². The zero-order chi connectivity index (χ0) is 23.9. The summed E-state index contributed by atoms with van der Waals surface area (Å²) in [4.78, 5) is 29.6. The summed E-state index contributed by atoms with van der Waals surface area (Å²) in [6.45, 7) is 2.82. The predicted molar refractivity (Wildman–Crippen MR) is 131 cm³/mol. The maximum absolute atomic E-state index is 13.2. The Morgan fingerprint density at radius 2 is 1.94 bits per heavy atom. The quantitative estimate of drug-likeness (QED) is 0.546. The summed E-state index contributed by atoms with van der Waals surface area (Å²) in [5, 5.41) is 20.3. The minimum absolute atomic E-state index is 0.0498. The lowest BCUT2D eigenvalue weighted by Gasteiger charge is -2.24. The third kappa shape index (κ3) is 5.74. The number of nitrogens with one attached hydrogen (secondary N) is 1. The molecule has 2 aromatic carbocycles. The zero-order valence-corrected chi connectivity index (χ0v) is 19.7. The van der Waals surface area contributed by atoms with Crippen molar-refractivity contribution < 1.29 is 9.59 Å². The molecule has 0 aliphatic carbocycles. The van der Waals surface area contributed by atoms with Gasteiger partial charge in [-0.2, -0.15) is 5.26 Å². The van der Waals surface area contributed by atoms with Gasteiger partial charge >= 0.3 is 0 Å². The Kier molecular flexibility index (Phi) is 7.44. The molecule has 1 N–H and O–H groups in total. The van der Waals surface area contributed by atoms with Crippen molar-refractivity contribution in [3.63, 3.8) is 0 Å². The van der Waals surface area contributed by atoms with Gasteiger partial charge in [0, 0.05) is 50.2 Å². The van der Waals surface area contributed by atoms with E-state index in [4.69, 9.17) is 5.26 Å². The average molecular weight is 476 g/mol. The summed E-state index contributed by atoms with van der Waals surface area (Å²) in [5.74, 6) is -0.0289. The van der Waals surface area contributed by atoms with Gasteiger partial charge in [-0.15, -0.1) is 10.2 Å². The maximum atomic E-state index is 13.2. The van der Waals surface area contributed by atoms with Gasteiger partial charge in [0.15, 0.2) is 5.16 Å². The highest BCUT2D eigenvalue weighted by Crippen LogP contribution is 2.20. The predicted octanol–water partition coefficient (Wildman–Crippen LogP) is 2.77. The number of nitrogens with zero attached hydrogens (tertiary/aromatic N) is 6. The van der Waals surface area contributed by atoms with E-state index < -0.39 is 0 Å². The van der Waals surface area contributed by atoms with E-state index in [1.165, 1.54) is 11.8 Å². The van der Waals surface area contributed by atoms with Gasteiger partial charge in [0.1, 0.15) is 6.33 Å². The normalized spacial score (nSPS) is 13.8. The van der Waals surface area contributed by atoms with Gasteiger partial charge in [-0.3, -0.25) is 9.59 Å². The summed E-state index contributed by atoms with van der Waals surface area (Å²) >= 11 is 1.30. The van der Waals surface area contributed by atoms with Gasteiger partial charge in [-0.25, -0.2) is 0 Å². The number of amides is 2. The van der Waals surface area contributed by atoms with E-state index >= 15 is 0 Å². The second-order valence-electron chi connectivity index (χ2n) is 7.93. The molecule has 1 aromatic heterocycles. The second kappa shape index (κ2) is 10.9. The van der Waals surface area contributed by atoms with Crippen LogP contribution >= 0.6 is 11.8 Å². The first kappa shape index (κ1) is 23.3. The van der Waals surface area contributed by atoms with Gasteiger partial charge < -0.3 is 19.7 Å². The molecule has 0 atom stereocenters. The molecule has 1 saturated heterocycles. The van der Waals surface area contributed by atoms with Crippen LogP contribution < -0.4 is 10.2 Å². The van der Waals surface area contributed by atoms with Crippen LogP contribution in [-0.2, 0) is 11.8 Å². The molecule has 9 nitrogen and oxygen atoms in total. The van der Waals surface area contributed by atoms with Crippen molar-refractivity contribution in [3.8, 4) is 6.07 Å². The Morgan fingerprint density at radius 3 is 2.68 bits per heavy atom. The van der Waals surface area contributed by atoms with Gasteiger partial charge in [-0.1, -0.05) is 17.8 Å². The third-order valence-corrected chi connectivity index (χ3v) is 6.57. The molecular formula is C24H25N7O2S. The van der Waals surface area contributed by atoms with Gasteiger partial charge in [0.2, 0.25) is 5.91 Å². The van der Waals surface area contributed by atoms with Crippen LogP contribution in [-0.4, -0.2) is 63.4 Å². The summed E-state index contributed by atoms with van der Waals surface area (Å²) < 4.78 is 1.75. The molecule has 1 fully saturated rings. The van der Waals surface area contributed by atoms with E-state index in [-0.39, 0.29) is 17.6 Å². The molecule has 0 unspecified atom stereocenters. The summed E-state index contributed by atoms with van der Waals surface area (Å²) in [7, 11) is 1.82. The molecule has 1 aliphatic rings. The van der Waals surface area contributed by atoms with Crippen molar-refractivity contribution in [3.05, 3.63) is 66.0 Å². The lowest BCUT2D eigenvalue weighted by atomic mass is 10.1. The Hall–Kier alpha value is -3.84. The summed E-state index contributed by atoms with van der Waals surface area (Å²) in [5.41, 5.74) is 2.82. The smallest absolute Gasteiger partial charge is 0.253 e. The highest BCUT2D eigenvalue weighted by atomic mass is 32.2. The number of nitriles is 1. The lowest BCUT2D eigenvalue weighted by molar-refractivity contribution is -0.113. The summed E-state index contributed by atoms with van der Waals surface area (Å²) in [6.07, 6.45) is 2.43. The molecule has 34 heavy (non-hydrogen) atoms. The molecule has 0 saturated carbocycles. The van der Waals surface area contributed by atoms with Crippen LogP contribution in [0.5, 0.6) is 0 Å². The Bertz CT molecular complexity index is 1200. The Balaban J connectivity index is 1.34. The Labute approximate surface area is 202 Å². The fourth-order valence-corrected chi connectivity index (χ4v) is 4.46. The average Bonchev–Trinajstić information content (AvgIpc) is 3.11. The van der Waals surface area contributed by atoms with E-state index in [9.17, 15) is 9.59 Å². The minimum atomic E-state index is -0.176. The minimum Gasteiger partial charge on any atom is -0.370 e. The molecule has 0 spiro atoms. The first-order valence-electron chi connectivity index (χ1n) is 10.9. The van der Waals surface area contributed by atoms with Crippen molar-refractivity contribution >= 4 is 35.0 Å². The number of thioether (sulfide) groups is 1. The molecular weight excluding hydrogens is 450 g/mol. The molecule has 0 radical (unpaired) electrons. The largest absolute Gasteiger partial charge is 0.370 e. The highest BCUT2D eigenvalue weighted by molar-refractivity contribution is 7.99. The van der Waals surface area contributed by atoms with Crippen LogP contribution in [0, 0.1) is 11.3 Å². The number of aryl methyl sites for hydroxylation is 1. The molecule has 4 rings (SSSR count). The van der Waals surface area contributed by atoms with E-state index in [1.54, 1.807) is 35.2 Å².